The monoisotopic (exact) mass is 234 g/mol. The molecule has 0 saturated carbocycles. The molecule has 2 atom stereocenters. The van der Waals surface area contributed by atoms with E-state index in [1.54, 1.807) is 0 Å². The van der Waals surface area contributed by atoms with Crippen LogP contribution in [0.4, 0.5) is 0 Å². The highest BCUT2D eigenvalue weighted by Crippen LogP contribution is 2.28. The van der Waals surface area contributed by atoms with E-state index in [2.05, 4.69) is 44.1 Å². The van der Waals surface area contributed by atoms with E-state index in [0.717, 1.165) is 19.0 Å². The summed E-state index contributed by atoms with van der Waals surface area (Å²) in [5.74, 6) is 2.02. The van der Waals surface area contributed by atoms with Crippen molar-refractivity contribution in [1.29, 1.82) is 0 Å². The van der Waals surface area contributed by atoms with Crippen molar-refractivity contribution in [1.82, 2.24) is 10.3 Å². The van der Waals surface area contributed by atoms with Gasteiger partial charge in [-0.15, -0.1) is 0 Å². The van der Waals surface area contributed by atoms with Crippen molar-refractivity contribution < 1.29 is 0 Å². The average Bonchev–Trinajstić information content (AvgIpc) is 2.30. The molecule has 2 heteroatoms. The van der Waals surface area contributed by atoms with Gasteiger partial charge in [-0.25, -0.2) is 0 Å². The van der Waals surface area contributed by atoms with Gasteiger partial charge in [0, 0.05) is 24.9 Å². The quantitative estimate of drug-likeness (QED) is 0.781. The van der Waals surface area contributed by atoms with Crippen molar-refractivity contribution in [2.45, 2.75) is 40.0 Å². The summed E-state index contributed by atoms with van der Waals surface area (Å²) in [6.07, 6.45) is 5.13. The van der Waals surface area contributed by atoms with E-state index >= 15 is 0 Å². The number of likely N-dealkylation sites (N-methyl/N-ethyl adjacent to an activating group) is 1. The Kier molecular flexibility index (Phi) is 6.20. The summed E-state index contributed by atoms with van der Waals surface area (Å²) >= 11 is 0. The lowest BCUT2D eigenvalue weighted by atomic mass is 9.83. The molecule has 0 aliphatic rings. The van der Waals surface area contributed by atoms with Gasteiger partial charge in [-0.3, -0.25) is 4.98 Å². The van der Waals surface area contributed by atoms with Crippen LogP contribution in [-0.2, 0) is 0 Å². The smallest absolute Gasteiger partial charge is 0.0303 e. The second kappa shape index (κ2) is 7.44. The Morgan fingerprint density at radius 2 is 2.06 bits per heavy atom. The Labute approximate surface area is 106 Å². The third kappa shape index (κ3) is 4.86. The molecule has 0 aromatic carbocycles. The highest BCUT2D eigenvalue weighted by molar-refractivity contribution is 5.16. The molecule has 0 aliphatic heterocycles. The molecule has 17 heavy (non-hydrogen) atoms. The number of hydrogen-bond donors (Lipinski definition) is 1. The van der Waals surface area contributed by atoms with Gasteiger partial charge in [-0.05, 0) is 36.4 Å². The lowest BCUT2D eigenvalue weighted by Crippen LogP contribution is -2.26. The van der Waals surface area contributed by atoms with Gasteiger partial charge in [0.25, 0.3) is 0 Å². The molecule has 1 heterocycles. The highest BCUT2D eigenvalue weighted by atomic mass is 14.8. The van der Waals surface area contributed by atoms with Crippen molar-refractivity contribution in [2.24, 2.45) is 11.8 Å². The van der Waals surface area contributed by atoms with E-state index in [-0.39, 0.29) is 0 Å². The van der Waals surface area contributed by atoms with Crippen LogP contribution in [0.2, 0.25) is 0 Å². The van der Waals surface area contributed by atoms with Crippen LogP contribution in [0.5, 0.6) is 0 Å². The van der Waals surface area contributed by atoms with E-state index in [4.69, 9.17) is 0 Å². The molecule has 1 rings (SSSR count). The molecular weight excluding hydrogens is 208 g/mol. The van der Waals surface area contributed by atoms with E-state index in [1.807, 2.05) is 18.5 Å². The Morgan fingerprint density at radius 3 is 2.59 bits per heavy atom. The molecule has 2 unspecified atom stereocenters. The first-order chi connectivity index (χ1) is 8.15. The summed E-state index contributed by atoms with van der Waals surface area (Å²) < 4.78 is 0. The number of nitrogens with zero attached hydrogens (tertiary/aromatic N) is 1. The van der Waals surface area contributed by atoms with E-state index < -0.39 is 0 Å². The number of hydrogen-bond acceptors (Lipinski definition) is 2. The van der Waals surface area contributed by atoms with Crippen molar-refractivity contribution >= 4 is 0 Å². The number of pyridine rings is 1. The maximum absolute atomic E-state index is 4.25. The summed E-state index contributed by atoms with van der Waals surface area (Å²) in [6, 6.07) is 4.24. The van der Waals surface area contributed by atoms with Crippen LogP contribution in [0.25, 0.3) is 0 Å². The first-order valence-corrected chi connectivity index (χ1v) is 6.75. The number of nitrogens with one attached hydrogen (secondary N) is 1. The van der Waals surface area contributed by atoms with Gasteiger partial charge in [-0.2, -0.15) is 0 Å². The van der Waals surface area contributed by atoms with E-state index in [0.29, 0.717) is 11.8 Å². The first kappa shape index (κ1) is 14.2. The summed E-state index contributed by atoms with van der Waals surface area (Å²) in [7, 11) is 0. The topological polar surface area (TPSA) is 24.9 Å². The van der Waals surface area contributed by atoms with Gasteiger partial charge in [0.05, 0.1) is 0 Å². The molecule has 0 fully saturated rings. The fraction of sp³-hybridized carbons (Fsp3) is 0.667. The van der Waals surface area contributed by atoms with Crippen LogP contribution in [-0.4, -0.2) is 18.1 Å². The molecule has 0 spiro atoms. The van der Waals surface area contributed by atoms with Gasteiger partial charge >= 0.3 is 0 Å². The summed E-state index contributed by atoms with van der Waals surface area (Å²) in [5.41, 5.74) is 1.36. The van der Waals surface area contributed by atoms with Crippen molar-refractivity contribution in [3.63, 3.8) is 0 Å². The van der Waals surface area contributed by atoms with Crippen LogP contribution in [0.3, 0.4) is 0 Å². The molecule has 2 nitrogen and oxygen atoms in total. The summed E-state index contributed by atoms with van der Waals surface area (Å²) in [5, 5.41) is 3.47. The third-order valence-corrected chi connectivity index (χ3v) is 3.26. The maximum Gasteiger partial charge on any atom is 0.0303 e. The summed E-state index contributed by atoms with van der Waals surface area (Å²) in [4.78, 5) is 4.25. The van der Waals surface area contributed by atoms with Gasteiger partial charge in [0.1, 0.15) is 0 Å². The predicted molar refractivity (Wildman–Crippen MR) is 74.1 cm³/mol. The average molecular weight is 234 g/mol. The molecule has 0 aliphatic carbocycles. The second-order valence-electron chi connectivity index (χ2n) is 5.31. The van der Waals surface area contributed by atoms with Crippen LogP contribution in [0.1, 0.15) is 45.6 Å². The lowest BCUT2D eigenvalue weighted by molar-refractivity contribution is 0.361. The molecule has 0 saturated heterocycles. The van der Waals surface area contributed by atoms with Crippen LogP contribution in [0, 0.1) is 11.8 Å². The standard InChI is InChI=1S/C15H26N2/c1-5-16-11-15(13(4)9-12(2)3)14-7-6-8-17-10-14/h6-8,10,12-13,15-16H,5,9,11H2,1-4H3. The highest BCUT2D eigenvalue weighted by Gasteiger charge is 2.19. The molecule has 96 valence electrons. The molecule has 1 aromatic rings. The Morgan fingerprint density at radius 1 is 1.29 bits per heavy atom. The van der Waals surface area contributed by atoms with Crippen molar-refractivity contribution in [3.05, 3.63) is 30.1 Å². The molecule has 1 aromatic heterocycles. The van der Waals surface area contributed by atoms with E-state index in [9.17, 15) is 0 Å². The largest absolute Gasteiger partial charge is 0.316 e. The molecular formula is C15H26N2. The van der Waals surface area contributed by atoms with Crippen molar-refractivity contribution in [2.75, 3.05) is 13.1 Å². The van der Waals surface area contributed by atoms with Gasteiger partial charge in [-0.1, -0.05) is 33.8 Å². The number of rotatable bonds is 7. The maximum atomic E-state index is 4.25. The molecule has 0 amide bonds. The zero-order chi connectivity index (χ0) is 12.7. The van der Waals surface area contributed by atoms with Gasteiger partial charge < -0.3 is 5.32 Å². The fourth-order valence-corrected chi connectivity index (χ4v) is 2.45. The minimum atomic E-state index is 0.575. The summed E-state index contributed by atoms with van der Waals surface area (Å²) in [6.45, 7) is 11.2. The first-order valence-electron chi connectivity index (χ1n) is 6.75. The minimum absolute atomic E-state index is 0.575. The van der Waals surface area contributed by atoms with Gasteiger partial charge in [0.15, 0.2) is 0 Å². The molecule has 1 N–H and O–H groups in total. The van der Waals surface area contributed by atoms with Crippen LogP contribution in [0.15, 0.2) is 24.5 Å². The third-order valence-electron chi connectivity index (χ3n) is 3.26. The predicted octanol–water partition coefficient (Wildman–Crippen LogP) is 3.46. The number of aromatic nitrogens is 1. The van der Waals surface area contributed by atoms with E-state index in [1.165, 1.54) is 12.0 Å². The van der Waals surface area contributed by atoms with Crippen LogP contribution < -0.4 is 5.32 Å². The molecule has 0 bridgehead atoms. The Balaban J connectivity index is 2.73. The fourth-order valence-electron chi connectivity index (χ4n) is 2.45. The lowest BCUT2D eigenvalue weighted by Gasteiger charge is -2.26. The second-order valence-corrected chi connectivity index (χ2v) is 5.31. The molecule has 0 radical (unpaired) electrons. The Hall–Kier alpha value is -0.890. The van der Waals surface area contributed by atoms with Crippen LogP contribution >= 0.6 is 0 Å². The normalized spacial score (nSPS) is 14.9. The zero-order valence-corrected chi connectivity index (χ0v) is 11.6. The minimum Gasteiger partial charge on any atom is -0.316 e. The van der Waals surface area contributed by atoms with Crippen molar-refractivity contribution in [3.8, 4) is 0 Å². The Bertz CT molecular complexity index is 295. The SMILES string of the molecule is CCNCC(c1cccnc1)C(C)CC(C)C. The zero-order valence-electron chi connectivity index (χ0n) is 11.6. The van der Waals surface area contributed by atoms with Gasteiger partial charge in [0.2, 0.25) is 0 Å².